The quantitative estimate of drug-likeness (QED) is 0.661. The second-order valence-electron chi connectivity index (χ2n) is 4.59. The van der Waals surface area contributed by atoms with Crippen molar-refractivity contribution in [2.75, 3.05) is 5.32 Å². The van der Waals surface area contributed by atoms with Crippen LogP contribution in [0.2, 0.25) is 0 Å². The van der Waals surface area contributed by atoms with Gasteiger partial charge in [-0.25, -0.2) is 4.98 Å². The van der Waals surface area contributed by atoms with Gasteiger partial charge in [-0.2, -0.15) is 0 Å². The Bertz CT molecular complexity index is 388. The molecule has 6 heteroatoms. The molecule has 1 N–H and O–H groups in total. The second kappa shape index (κ2) is 5.44. The van der Waals surface area contributed by atoms with Gasteiger partial charge in [-0.1, -0.05) is 19.3 Å². The van der Waals surface area contributed by atoms with Crippen LogP contribution in [0.5, 0.6) is 0 Å². The van der Waals surface area contributed by atoms with Gasteiger partial charge < -0.3 is 5.32 Å². The summed E-state index contributed by atoms with van der Waals surface area (Å²) in [4.78, 5) is 14.2. The number of anilines is 1. The topological polar surface area (TPSA) is 68.1 Å². The number of rotatable bonds is 4. The van der Waals surface area contributed by atoms with Gasteiger partial charge in [-0.15, -0.1) is 0 Å². The lowest BCUT2D eigenvalue weighted by Gasteiger charge is -2.27. The molecule has 1 aromatic rings. The number of nitrogens with zero attached hydrogens (tertiary/aromatic N) is 2. The van der Waals surface area contributed by atoms with E-state index in [1.807, 2.05) is 0 Å². The smallest absolute Gasteiger partial charge is 0.345 e. The first-order valence-corrected chi connectivity index (χ1v) is 6.85. The van der Waals surface area contributed by atoms with Crippen molar-refractivity contribution in [3.8, 4) is 0 Å². The molecule has 0 aliphatic heterocycles. The average Bonchev–Trinajstić information content (AvgIpc) is 2.79. The highest BCUT2D eigenvalue weighted by Crippen LogP contribution is 2.30. The van der Waals surface area contributed by atoms with Crippen LogP contribution < -0.4 is 5.32 Å². The van der Waals surface area contributed by atoms with Crippen LogP contribution >= 0.6 is 11.3 Å². The van der Waals surface area contributed by atoms with Gasteiger partial charge in [0.05, 0.1) is 4.92 Å². The molecule has 2 rings (SSSR count). The Balaban J connectivity index is 1.92. The summed E-state index contributed by atoms with van der Waals surface area (Å²) in [5.74, 6) is 0.673. The number of hydrogen-bond acceptors (Lipinski definition) is 5. The maximum atomic E-state index is 10.5. The maximum absolute atomic E-state index is 10.5. The summed E-state index contributed by atoms with van der Waals surface area (Å²) in [7, 11) is 0. The monoisotopic (exact) mass is 255 g/mol. The van der Waals surface area contributed by atoms with Crippen molar-refractivity contribution >= 4 is 21.5 Å². The maximum Gasteiger partial charge on any atom is 0.345 e. The summed E-state index contributed by atoms with van der Waals surface area (Å²) in [5.41, 5.74) is 0. The highest BCUT2D eigenvalue weighted by Gasteiger charge is 2.21. The first kappa shape index (κ1) is 12.3. The summed E-state index contributed by atoms with van der Waals surface area (Å²) >= 11 is 1.11. The first-order chi connectivity index (χ1) is 8.16. The largest absolute Gasteiger partial charge is 0.359 e. The summed E-state index contributed by atoms with van der Waals surface area (Å²) in [6.45, 7) is 2.14. The number of thiazole rings is 1. The number of nitrogens with one attached hydrogen (secondary N) is 1. The molecule has 1 unspecified atom stereocenters. The number of aromatic nitrogens is 1. The van der Waals surface area contributed by atoms with Gasteiger partial charge in [-0.05, 0) is 37.0 Å². The van der Waals surface area contributed by atoms with Crippen LogP contribution in [0.25, 0.3) is 0 Å². The molecule has 0 radical (unpaired) electrons. The summed E-state index contributed by atoms with van der Waals surface area (Å²) < 4.78 is 0. The zero-order valence-corrected chi connectivity index (χ0v) is 10.7. The van der Waals surface area contributed by atoms with E-state index in [4.69, 9.17) is 0 Å². The second-order valence-corrected chi connectivity index (χ2v) is 5.60. The highest BCUT2D eigenvalue weighted by molar-refractivity contribution is 7.18. The van der Waals surface area contributed by atoms with Crippen molar-refractivity contribution in [1.29, 1.82) is 0 Å². The minimum atomic E-state index is -0.395. The Morgan fingerprint density at radius 1 is 1.53 bits per heavy atom. The first-order valence-electron chi connectivity index (χ1n) is 6.03. The summed E-state index contributed by atoms with van der Waals surface area (Å²) in [6.07, 6.45) is 7.76. The van der Waals surface area contributed by atoms with E-state index in [9.17, 15) is 10.1 Å². The molecule has 0 spiro atoms. The van der Waals surface area contributed by atoms with Gasteiger partial charge in [-0.3, -0.25) is 10.1 Å². The Kier molecular flexibility index (Phi) is 3.93. The van der Waals surface area contributed by atoms with Gasteiger partial charge in [0, 0.05) is 6.04 Å². The van der Waals surface area contributed by atoms with Crippen LogP contribution in [-0.4, -0.2) is 15.9 Å². The van der Waals surface area contributed by atoms with E-state index < -0.39 is 4.92 Å². The molecule has 1 aromatic heterocycles. The van der Waals surface area contributed by atoms with E-state index in [1.54, 1.807) is 0 Å². The minimum absolute atomic E-state index is 0.100. The van der Waals surface area contributed by atoms with Gasteiger partial charge >= 0.3 is 5.00 Å². The SMILES string of the molecule is CC(Nc1ncc([N+](=O)[O-])s1)C1CCCCC1. The lowest BCUT2D eigenvalue weighted by atomic mass is 9.85. The standard InChI is InChI=1S/C11H17N3O2S/c1-8(9-5-3-2-4-6-9)13-11-12-7-10(17-11)14(15)16/h7-9H,2-6H2,1H3,(H,12,13). The number of hydrogen-bond donors (Lipinski definition) is 1. The van der Waals surface area contributed by atoms with Crippen LogP contribution in [0, 0.1) is 16.0 Å². The molecule has 1 fully saturated rings. The zero-order valence-electron chi connectivity index (χ0n) is 9.89. The molecule has 1 atom stereocenters. The van der Waals surface area contributed by atoms with Crippen molar-refractivity contribution in [1.82, 2.24) is 4.98 Å². The predicted octanol–water partition coefficient (Wildman–Crippen LogP) is 3.43. The fourth-order valence-corrected chi connectivity index (χ4v) is 3.09. The molecule has 94 valence electrons. The molecular formula is C11H17N3O2S. The van der Waals surface area contributed by atoms with Gasteiger partial charge in [0.1, 0.15) is 6.20 Å². The van der Waals surface area contributed by atoms with Crippen molar-refractivity contribution in [2.45, 2.75) is 45.1 Å². The lowest BCUT2D eigenvalue weighted by Crippen LogP contribution is -2.27. The molecule has 0 aromatic carbocycles. The highest BCUT2D eigenvalue weighted by atomic mass is 32.1. The van der Waals surface area contributed by atoms with Gasteiger partial charge in [0.25, 0.3) is 0 Å². The predicted molar refractivity (Wildman–Crippen MR) is 68.4 cm³/mol. The third-order valence-electron chi connectivity index (χ3n) is 3.38. The Morgan fingerprint density at radius 3 is 2.82 bits per heavy atom. The summed E-state index contributed by atoms with van der Waals surface area (Å²) in [6, 6.07) is 0.348. The van der Waals surface area contributed by atoms with Crippen molar-refractivity contribution in [3.63, 3.8) is 0 Å². The molecule has 5 nitrogen and oxygen atoms in total. The van der Waals surface area contributed by atoms with E-state index >= 15 is 0 Å². The van der Waals surface area contributed by atoms with E-state index in [1.165, 1.54) is 38.3 Å². The molecule has 1 heterocycles. The normalized spacial score (nSPS) is 18.9. The van der Waals surface area contributed by atoms with Crippen molar-refractivity contribution < 1.29 is 4.92 Å². The van der Waals surface area contributed by atoms with E-state index in [-0.39, 0.29) is 5.00 Å². The molecule has 0 bridgehead atoms. The molecular weight excluding hydrogens is 238 g/mol. The van der Waals surface area contributed by atoms with Crippen LogP contribution in [0.15, 0.2) is 6.20 Å². The van der Waals surface area contributed by atoms with Crippen LogP contribution in [0.4, 0.5) is 10.1 Å². The van der Waals surface area contributed by atoms with Crippen molar-refractivity contribution in [3.05, 3.63) is 16.3 Å². The van der Waals surface area contributed by atoms with E-state index in [2.05, 4.69) is 17.2 Å². The molecule has 1 aliphatic rings. The number of nitro groups is 1. The fraction of sp³-hybridized carbons (Fsp3) is 0.727. The molecule has 0 amide bonds. The average molecular weight is 255 g/mol. The van der Waals surface area contributed by atoms with Crippen LogP contribution in [0.1, 0.15) is 39.0 Å². The van der Waals surface area contributed by atoms with Gasteiger partial charge in [0.2, 0.25) is 0 Å². The minimum Gasteiger partial charge on any atom is -0.359 e. The van der Waals surface area contributed by atoms with E-state index in [0.717, 1.165) is 11.3 Å². The lowest BCUT2D eigenvalue weighted by molar-refractivity contribution is -0.380. The van der Waals surface area contributed by atoms with E-state index in [0.29, 0.717) is 17.1 Å². The Labute approximate surface area is 104 Å². The Hall–Kier alpha value is -1.17. The third-order valence-corrected chi connectivity index (χ3v) is 4.26. The van der Waals surface area contributed by atoms with Crippen molar-refractivity contribution in [2.24, 2.45) is 5.92 Å². The van der Waals surface area contributed by atoms with Gasteiger partial charge in [0.15, 0.2) is 5.13 Å². The zero-order chi connectivity index (χ0) is 12.3. The summed E-state index contributed by atoms with van der Waals surface area (Å²) in [5, 5.41) is 14.6. The molecule has 1 aliphatic carbocycles. The molecule has 0 saturated heterocycles. The molecule has 1 saturated carbocycles. The van der Waals surface area contributed by atoms with Crippen LogP contribution in [-0.2, 0) is 0 Å². The fourth-order valence-electron chi connectivity index (χ4n) is 2.36. The molecule has 17 heavy (non-hydrogen) atoms. The Morgan fingerprint density at radius 2 is 2.24 bits per heavy atom. The van der Waals surface area contributed by atoms with Crippen LogP contribution in [0.3, 0.4) is 0 Å². The third kappa shape index (κ3) is 3.15.